The minimum Gasteiger partial charge on any atom is -0.388 e. The first-order chi connectivity index (χ1) is 23.1. The van der Waals surface area contributed by atoms with Crippen molar-refractivity contribution in [2.75, 3.05) is 26.2 Å². The van der Waals surface area contributed by atoms with Gasteiger partial charge in [0.15, 0.2) is 0 Å². The Morgan fingerprint density at radius 2 is 1.81 bits per heavy atom. The van der Waals surface area contributed by atoms with Gasteiger partial charge in [0.05, 0.1) is 22.6 Å². The van der Waals surface area contributed by atoms with Gasteiger partial charge in [0.1, 0.15) is 16.9 Å². The van der Waals surface area contributed by atoms with Crippen LogP contribution >= 0.6 is 22.9 Å². The van der Waals surface area contributed by atoms with E-state index in [4.69, 9.17) is 11.6 Å². The third-order valence-corrected chi connectivity index (χ3v) is 11.4. The number of carbonyl (C=O) groups excluding carboxylic acids is 2. The van der Waals surface area contributed by atoms with E-state index in [0.717, 1.165) is 21.7 Å². The summed E-state index contributed by atoms with van der Waals surface area (Å²) in [6.07, 6.45) is 6.28. The van der Waals surface area contributed by atoms with Crippen LogP contribution in [-0.2, 0) is 18.4 Å². The van der Waals surface area contributed by atoms with Gasteiger partial charge in [-0.1, -0.05) is 48.0 Å². The van der Waals surface area contributed by atoms with Gasteiger partial charge in [0, 0.05) is 73.6 Å². The molecule has 1 N–H and O–H groups in total. The zero-order chi connectivity index (χ0) is 33.6. The highest BCUT2D eigenvalue weighted by molar-refractivity contribution is 7.18. The second-order valence-electron chi connectivity index (χ2n) is 13.0. The molecule has 2 aliphatic rings. The molecule has 10 nitrogen and oxygen atoms in total. The van der Waals surface area contributed by atoms with Crippen molar-refractivity contribution in [3.05, 3.63) is 105 Å². The molecule has 248 valence electrons. The molecule has 0 unspecified atom stereocenters. The van der Waals surface area contributed by atoms with Crippen molar-refractivity contribution in [3.8, 4) is 10.4 Å². The van der Waals surface area contributed by atoms with Crippen LogP contribution in [-0.4, -0.2) is 77.6 Å². The molecule has 0 spiro atoms. The molecule has 4 aromatic heterocycles. The van der Waals surface area contributed by atoms with Crippen LogP contribution in [0.1, 0.15) is 46.1 Å². The number of piperidine rings is 2. The zero-order valence-electron chi connectivity index (χ0n) is 26.9. The highest BCUT2D eigenvalue weighted by Gasteiger charge is 2.42. The third-order valence-electron chi connectivity index (χ3n) is 9.84. The quantitative estimate of drug-likeness (QED) is 0.266. The number of amides is 2. The number of aryl methyl sites for hydroxylation is 2. The second-order valence-corrected chi connectivity index (χ2v) is 14.5. The first-order valence-electron chi connectivity index (χ1n) is 16.2. The zero-order valence-corrected chi connectivity index (χ0v) is 28.5. The summed E-state index contributed by atoms with van der Waals surface area (Å²) in [5.41, 5.74) is 2.12. The van der Waals surface area contributed by atoms with Gasteiger partial charge in [0.2, 0.25) is 5.91 Å². The fraction of sp³-hybridized carbons (Fsp3) is 0.361. The molecule has 2 amide bonds. The fourth-order valence-electron chi connectivity index (χ4n) is 7.03. The van der Waals surface area contributed by atoms with Crippen LogP contribution in [0.15, 0.2) is 78.1 Å². The number of aliphatic hydroxyl groups is 1. The Morgan fingerprint density at radius 3 is 2.54 bits per heavy atom. The Labute approximate surface area is 287 Å². The van der Waals surface area contributed by atoms with Gasteiger partial charge >= 0.3 is 0 Å². The Bertz CT molecular complexity index is 2030. The van der Waals surface area contributed by atoms with Crippen LogP contribution in [0.25, 0.3) is 21.5 Å². The highest BCUT2D eigenvalue weighted by Crippen LogP contribution is 2.39. The predicted octanol–water partition coefficient (Wildman–Crippen LogP) is 5.12. The number of hydrogen-bond acceptors (Lipinski definition) is 7. The Morgan fingerprint density at radius 1 is 1.04 bits per heavy atom. The maximum Gasteiger partial charge on any atom is 0.265 e. The predicted molar refractivity (Wildman–Crippen MR) is 186 cm³/mol. The van der Waals surface area contributed by atoms with E-state index in [0.29, 0.717) is 66.4 Å². The molecule has 2 aliphatic heterocycles. The Balaban J connectivity index is 1.05. The monoisotopic (exact) mass is 684 g/mol. The molecular weight excluding hydrogens is 648 g/mol. The maximum absolute atomic E-state index is 14.1. The molecule has 6 heterocycles. The second kappa shape index (κ2) is 12.9. The van der Waals surface area contributed by atoms with Crippen molar-refractivity contribution in [3.63, 3.8) is 0 Å². The maximum atomic E-state index is 14.1. The topological polar surface area (TPSA) is 114 Å². The summed E-state index contributed by atoms with van der Waals surface area (Å²) >= 11 is 7.98. The van der Waals surface area contributed by atoms with Crippen LogP contribution in [0, 0.1) is 12.8 Å². The molecule has 0 saturated carbocycles. The molecule has 0 aliphatic carbocycles. The summed E-state index contributed by atoms with van der Waals surface area (Å²) in [4.78, 5) is 54.9. The standard InChI is InChI=1S/C36H37ClN6O4S/c1-23-8-9-25(19-38-23)30-18-29(37)31(48-30)35(46)42-15-11-26(28(20-42)24-6-4-3-5-7-24)33(44)41-16-12-36(47,13-17-41)21-43-22-39-32-27(34(43)45)10-14-40(32)2/h3-10,14,18-19,22,26,28,47H,11-13,15-17,20-21H2,1-2H3/t26-,28+/m1/s1. The largest absolute Gasteiger partial charge is 0.388 e. The lowest BCUT2D eigenvalue weighted by Gasteiger charge is -2.43. The molecule has 0 bridgehead atoms. The molecule has 2 saturated heterocycles. The van der Waals surface area contributed by atoms with Crippen LogP contribution in [0.3, 0.4) is 0 Å². The van der Waals surface area contributed by atoms with E-state index in [2.05, 4.69) is 9.97 Å². The molecule has 48 heavy (non-hydrogen) atoms. The summed E-state index contributed by atoms with van der Waals surface area (Å²) in [6, 6.07) is 17.4. The average Bonchev–Trinajstić information content (AvgIpc) is 3.68. The number of aromatic nitrogens is 4. The number of likely N-dealkylation sites (tertiary alicyclic amines) is 2. The van der Waals surface area contributed by atoms with Gasteiger partial charge in [0.25, 0.3) is 11.5 Å². The van der Waals surface area contributed by atoms with Crippen molar-refractivity contribution < 1.29 is 14.7 Å². The van der Waals surface area contributed by atoms with Crippen molar-refractivity contribution in [2.24, 2.45) is 13.0 Å². The van der Waals surface area contributed by atoms with Gasteiger partial charge in [-0.25, -0.2) is 4.98 Å². The molecule has 2 atom stereocenters. The van der Waals surface area contributed by atoms with E-state index in [-0.39, 0.29) is 35.8 Å². The van der Waals surface area contributed by atoms with E-state index in [9.17, 15) is 19.5 Å². The third kappa shape index (κ3) is 6.18. The van der Waals surface area contributed by atoms with Gasteiger partial charge in [-0.15, -0.1) is 11.3 Å². The number of pyridine rings is 1. The molecule has 5 aromatic rings. The first kappa shape index (κ1) is 32.2. The molecule has 1 aromatic carbocycles. The van der Waals surface area contributed by atoms with Crippen molar-refractivity contribution in [2.45, 2.75) is 44.2 Å². The van der Waals surface area contributed by atoms with Gasteiger partial charge in [-0.2, -0.15) is 0 Å². The minimum absolute atomic E-state index is 0.0332. The summed E-state index contributed by atoms with van der Waals surface area (Å²) in [7, 11) is 1.84. The Hall–Kier alpha value is -4.32. The number of fused-ring (bicyclic) bond motifs is 1. The van der Waals surface area contributed by atoms with Crippen LogP contribution in [0.4, 0.5) is 0 Å². The minimum atomic E-state index is -1.13. The lowest BCUT2D eigenvalue weighted by atomic mass is 9.79. The molecular formula is C36H37ClN6O4S. The van der Waals surface area contributed by atoms with Crippen LogP contribution < -0.4 is 5.56 Å². The normalized spacial score (nSPS) is 19.5. The first-order valence-corrected chi connectivity index (χ1v) is 17.4. The SMILES string of the molecule is Cc1ccc(-c2cc(Cl)c(C(=O)N3CC[C@@H](C(=O)N4CCC(O)(Cn5cnc6c(ccn6C)c5=O)CC4)[C@H](c4ccccc4)C3)s2)cn1. The van der Waals surface area contributed by atoms with E-state index >= 15 is 0 Å². The number of hydrogen-bond donors (Lipinski definition) is 1. The summed E-state index contributed by atoms with van der Waals surface area (Å²) in [5.74, 6) is -0.614. The van der Waals surface area contributed by atoms with Gasteiger partial charge < -0.3 is 19.5 Å². The van der Waals surface area contributed by atoms with Crippen molar-refractivity contribution >= 4 is 45.8 Å². The van der Waals surface area contributed by atoms with Crippen LogP contribution in [0.5, 0.6) is 0 Å². The molecule has 0 radical (unpaired) electrons. The number of nitrogens with zero attached hydrogens (tertiary/aromatic N) is 6. The summed E-state index contributed by atoms with van der Waals surface area (Å²) in [6.45, 7) is 3.64. The smallest absolute Gasteiger partial charge is 0.265 e. The van der Waals surface area contributed by atoms with Crippen molar-refractivity contribution in [1.82, 2.24) is 28.9 Å². The van der Waals surface area contributed by atoms with E-state index < -0.39 is 5.60 Å². The number of thiophene rings is 1. The average molecular weight is 685 g/mol. The van der Waals surface area contributed by atoms with Crippen molar-refractivity contribution in [1.29, 1.82) is 0 Å². The fourth-order valence-corrected chi connectivity index (χ4v) is 8.41. The highest BCUT2D eigenvalue weighted by atomic mass is 35.5. The van der Waals surface area contributed by atoms with Gasteiger partial charge in [-0.3, -0.25) is 23.9 Å². The van der Waals surface area contributed by atoms with E-state index in [1.165, 1.54) is 22.2 Å². The van der Waals surface area contributed by atoms with E-state index in [1.54, 1.807) is 23.0 Å². The number of rotatable bonds is 6. The molecule has 2 fully saturated rings. The Kier molecular flexibility index (Phi) is 8.69. The number of carbonyl (C=O) groups is 2. The summed E-state index contributed by atoms with van der Waals surface area (Å²) < 4.78 is 3.26. The number of benzene rings is 1. The lowest BCUT2D eigenvalue weighted by Crippen LogP contribution is -2.53. The number of halogens is 1. The molecule has 7 rings (SSSR count). The summed E-state index contributed by atoms with van der Waals surface area (Å²) in [5, 5.41) is 12.4. The molecule has 12 heteroatoms. The van der Waals surface area contributed by atoms with Crippen LogP contribution in [0.2, 0.25) is 5.02 Å². The lowest BCUT2D eigenvalue weighted by molar-refractivity contribution is -0.142. The van der Waals surface area contributed by atoms with E-state index in [1.807, 2.05) is 72.3 Å². The van der Waals surface area contributed by atoms with Gasteiger partial charge in [-0.05, 0) is 49.9 Å².